The zero-order chi connectivity index (χ0) is 15.7. The van der Waals surface area contributed by atoms with Crippen molar-refractivity contribution >= 4 is 17.9 Å². The molecule has 6 nitrogen and oxygen atoms in total. The number of aromatic nitrogens is 4. The quantitative estimate of drug-likeness (QED) is 0.694. The molecule has 0 radical (unpaired) electrons. The lowest BCUT2D eigenvalue weighted by Gasteiger charge is -2.07. The molecule has 22 heavy (non-hydrogen) atoms. The van der Waals surface area contributed by atoms with Crippen LogP contribution in [0.1, 0.15) is 10.4 Å². The summed E-state index contributed by atoms with van der Waals surface area (Å²) in [5, 5.41) is 8.93. The third-order valence-corrected chi connectivity index (χ3v) is 3.39. The summed E-state index contributed by atoms with van der Waals surface area (Å²) in [4.78, 5) is 23.4. The number of hydrogen-bond donors (Lipinski definition) is 0. The Balaban J connectivity index is 2.22. The lowest BCUT2D eigenvalue weighted by Crippen LogP contribution is -2.24. The Kier molecular flexibility index (Phi) is 3.60. The number of rotatable bonds is 3. The molecule has 7 heteroatoms. The molecule has 0 aliphatic heterocycles. The predicted octanol–water partition coefficient (Wildman–Crippen LogP) is 2.10. The molecule has 3 aromatic rings. The Hall–Kier alpha value is -2.73. The van der Waals surface area contributed by atoms with Crippen molar-refractivity contribution in [3.8, 4) is 16.9 Å². The number of carbonyl (C=O) groups is 1. The largest absolute Gasteiger partial charge is 0.298 e. The lowest BCUT2D eigenvalue weighted by atomic mass is 10.1. The molecule has 0 amide bonds. The maximum Gasteiger partial charge on any atom is 0.282 e. The van der Waals surface area contributed by atoms with Crippen LogP contribution in [-0.4, -0.2) is 25.8 Å². The minimum Gasteiger partial charge on any atom is -0.298 e. The van der Waals surface area contributed by atoms with Gasteiger partial charge in [-0.15, -0.1) is 0 Å². The number of hydrogen-bond acceptors (Lipinski definition) is 4. The van der Waals surface area contributed by atoms with Crippen LogP contribution in [0.5, 0.6) is 0 Å². The molecule has 0 spiro atoms. The van der Waals surface area contributed by atoms with E-state index in [4.69, 9.17) is 11.6 Å². The summed E-state index contributed by atoms with van der Waals surface area (Å²) >= 11 is 5.87. The van der Waals surface area contributed by atoms with E-state index in [1.807, 2.05) is 0 Å². The number of carbonyl (C=O) groups excluding carboxylic acids is 1. The molecule has 0 bridgehead atoms. The van der Waals surface area contributed by atoms with E-state index in [2.05, 4.69) is 10.2 Å². The number of nitrogens with zero attached hydrogens (tertiary/aromatic N) is 4. The molecule has 0 N–H and O–H groups in total. The third-order valence-electron chi connectivity index (χ3n) is 3.14. The maximum absolute atomic E-state index is 12.3. The monoisotopic (exact) mass is 314 g/mol. The van der Waals surface area contributed by atoms with Crippen LogP contribution in [0.25, 0.3) is 16.9 Å². The molecule has 0 saturated heterocycles. The molecule has 1 aromatic carbocycles. The molecule has 0 aliphatic carbocycles. The van der Waals surface area contributed by atoms with Gasteiger partial charge in [0.2, 0.25) is 0 Å². The normalized spacial score (nSPS) is 10.6. The van der Waals surface area contributed by atoms with E-state index >= 15 is 0 Å². The first kappa shape index (κ1) is 14.2. The predicted molar refractivity (Wildman–Crippen MR) is 82.4 cm³/mol. The van der Waals surface area contributed by atoms with Crippen molar-refractivity contribution in [2.24, 2.45) is 7.05 Å². The average Bonchev–Trinajstić information content (AvgIpc) is 2.95. The van der Waals surface area contributed by atoms with E-state index < -0.39 is 5.56 Å². The van der Waals surface area contributed by atoms with Gasteiger partial charge < -0.3 is 0 Å². The molecule has 3 rings (SSSR count). The summed E-state index contributed by atoms with van der Waals surface area (Å²) in [6, 6.07) is 8.46. The highest BCUT2D eigenvalue weighted by molar-refractivity contribution is 6.30. The fourth-order valence-corrected chi connectivity index (χ4v) is 2.18. The highest BCUT2D eigenvalue weighted by Gasteiger charge is 2.12. The van der Waals surface area contributed by atoms with Crippen molar-refractivity contribution in [1.82, 2.24) is 19.6 Å². The fraction of sp³-hybridized carbons (Fsp3) is 0.0667. The molecular weight excluding hydrogens is 304 g/mol. The number of aryl methyl sites for hydroxylation is 1. The number of aldehydes is 1. The van der Waals surface area contributed by atoms with Gasteiger partial charge >= 0.3 is 0 Å². The van der Waals surface area contributed by atoms with Crippen molar-refractivity contribution in [3.05, 3.63) is 63.7 Å². The summed E-state index contributed by atoms with van der Waals surface area (Å²) in [5.41, 5.74) is 1.29. The van der Waals surface area contributed by atoms with Crippen LogP contribution in [0.15, 0.2) is 47.5 Å². The highest BCUT2D eigenvalue weighted by atomic mass is 35.5. The Morgan fingerprint density at radius 3 is 2.55 bits per heavy atom. The Labute approximate surface area is 130 Å². The molecule has 0 aliphatic rings. The topological polar surface area (TPSA) is 69.8 Å². The first-order valence-electron chi connectivity index (χ1n) is 6.43. The van der Waals surface area contributed by atoms with Crippen LogP contribution in [0.4, 0.5) is 0 Å². The van der Waals surface area contributed by atoms with Crippen molar-refractivity contribution in [2.45, 2.75) is 0 Å². The molecule has 0 atom stereocenters. The van der Waals surface area contributed by atoms with Crippen molar-refractivity contribution in [1.29, 1.82) is 0 Å². The first-order valence-corrected chi connectivity index (χ1v) is 6.81. The first-order chi connectivity index (χ1) is 10.6. The van der Waals surface area contributed by atoms with Crippen LogP contribution in [-0.2, 0) is 7.05 Å². The Morgan fingerprint density at radius 1 is 1.23 bits per heavy atom. The molecule has 0 fully saturated rings. The molecule has 110 valence electrons. The van der Waals surface area contributed by atoms with Crippen LogP contribution >= 0.6 is 11.6 Å². The maximum atomic E-state index is 12.3. The lowest BCUT2D eigenvalue weighted by molar-refractivity contribution is 0.112. The smallest absolute Gasteiger partial charge is 0.282 e. The fourth-order valence-electron chi connectivity index (χ4n) is 2.05. The van der Waals surface area contributed by atoms with E-state index in [0.717, 1.165) is 5.56 Å². The van der Waals surface area contributed by atoms with Gasteiger partial charge in [0, 0.05) is 17.6 Å². The van der Waals surface area contributed by atoms with Crippen molar-refractivity contribution < 1.29 is 4.79 Å². The van der Waals surface area contributed by atoms with Gasteiger partial charge in [-0.3, -0.25) is 14.3 Å². The van der Waals surface area contributed by atoms with Crippen molar-refractivity contribution in [2.75, 3.05) is 0 Å². The van der Waals surface area contributed by atoms with Crippen LogP contribution in [0.3, 0.4) is 0 Å². The van der Waals surface area contributed by atoms with Gasteiger partial charge in [-0.05, 0) is 18.2 Å². The van der Waals surface area contributed by atoms with Gasteiger partial charge in [-0.2, -0.15) is 14.9 Å². The van der Waals surface area contributed by atoms with Gasteiger partial charge in [-0.1, -0.05) is 23.7 Å². The van der Waals surface area contributed by atoms with E-state index in [0.29, 0.717) is 22.7 Å². The second-order valence-electron chi connectivity index (χ2n) is 4.70. The zero-order valence-electron chi connectivity index (χ0n) is 11.6. The van der Waals surface area contributed by atoms with E-state index in [-0.39, 0.29) is 5.56 Å². The van der Waals surface area contributed by atoms with Crippen molar-refractivity contribution in [3.63, 3.8) is 0 Å². The minimum absolute atomic E-state index is 0.0313. The number of halogens is 1. The highest BCUT2D eigenvalue weighted by Crippen LogP contribution is 2.19. The van der Waals surface area contributed by atoms with Gasteiger partial charge in [0.05, 0.1) is 23.7 Å². The van der Waals surface area contributed by atoms with E-state index in [9.17, 15) is 9.59 Å². The van der Waals surface area contributed by atoms with E-state index in [1.165, 1.54) is 16.9 Å². The molecular formula is C15H11ClN4O2. The minimum atomic E-state index is -0.485. The summed E-state index contributed by atoms with van der Waals surface area (Å²) in [7, 11) is 1.73. The average molecular weight is 315 g/mol. The summed E-state index contributed by atoms with van der Waals surface area (Å²) in [6.45, 7) is 0. The van der Waals surface area contributed by atoms with Gasteiger partial charge in [-0.25, -0.2) is 0 Å². The van der Waals surface area contributed by atoms with E-state index in [1.54, 1.807) is 42.2 Å². The Bertz CT molecular complexity index is 897. The van der Waals surface area contributed by atoms with Crippen LogP contribution < -0.4 is 5.56 Å². The molecule has 0 saturated carbocycles. The SMILES string of the molecule is Cn1cc(-n2nc(-c3ccc(Cl)cc3)cc(C=O)c2=O)cn1. The van der Waals surface area contributed by atoms with Gasteiger partial charge in [0.15, 0.2) is 6.29 Å². The van der Waals surface area contributed by atoms with Gasteiger partial charge in [0.25, 0.3) is 5.56 Å². The summed E-state index contributed by atoms with van der Waals surface area (Å²) in [6.07, 6.45) is 3.68. The molecule has 2 heterocycles. The number of benzene rings is 1. The summed E-state index contributed by atoms with van der Waals surface area (Å²) in [5.74, 6) is 0. The van der Waals surface area contributed by atoms with Gasteiger partial charge in [0.1, 0.15) is 5.69 Å². The Morgan fingerprint density at radius 2 is 1.95 bits per heavy atom. The molecule has 0 unspecified atom stereocenters. The summed E-state index contributed by atoms with van der Waals surface area (Å²) < 4.78 is 2.72. The standard InChI is InChI=1S/C15H11ClN4O2/c1-19-8-13(7-17-19)20-15(22)11(9-21)6-14(18-20)10-2-4-12(16)5-3-10/h2-9H,1H3. The van der Waals surface area contributed by atoms with Crippen LogP contribution in [0.2, 0.25) is 5.02 Å². The molecule has 2 aromatic heterocycles. The second-order valence-corrected chi connectivity index (χ2v) is 5.14. The second kappa shape index (κ2) is 5.57. The zero-order valence-corrected chi connectivity index (χ0v) is 12.4. The van der Waals surface area contributed by atoms with Crippen LogP contribution in [0, 0.1) is 0 Å². The third kappa shape index (κ3) is 2.56.